The summed E-state index contributed by atoms with van der Waals surface area (Å²) < 4.78 is 5.12. The zero-order valence-corrected chi connectivity index (χ0v) is 23.5. The monoisotopic (exact) mass is 499 g/mol. The third kappa shape index (κ3) is 6.55. The lowest BCUT2D eigenvalue weighted by Crippen LogP contribution is -2.62. The fraction of sp³-hybridized carbons (Fsp3) is 0.621. The Morgan fingerprint density at radius 2 is 1.72 bits per heavy atom. The van der Waals surface area contributed by atoms with Crippen molar-refractivity contribution in [1.82, 2.24) is 15.5 Å². The lowest BCUT2D eigenvalue weighted by Gasteiger charge is -2.40. The van der Waals surface area contributed by atoms with Crippen molar-refractivity contribution in [3.63, 3.8) is 0 Å². The zero-order chi connectivity index (χ0) is 27.3. The molecule has 1 saturated carbocycles. The number of rotatable bonds is 11. The minimum atomic E-state index is -0.901. The Bertz CT molecular complexity index is 947. The lowest BCUT2D eigenvalue weighted by atomic mass is 9.81. The van der Waals surface area contributed by atoms with Crippen LogP contribution in [0.25, 0.3) is 0 Å². The van der Waals surface area contributed by atoms with Crippen LogP contribution < -0.4 is 10.6 Å². The second-order valence-corrected chi connectivity index (χ2v) is 11.2. The Hall–Kier alpha value is -2.67. The van der Waals surface area contributed by atoms with Gasteiger partial charge in [-0.2, -0.15) is 0 Å². The number of esters is 1. The zero-order valence-electron chi connectivity index (χ0n) is 23.5. The van der Waals surface area contributed by atoms with Gasteiger partial charge >= 0.3 is 5.97 Å². The van der Waals surface area contributed by atoms with Crippen molar-refractivity contribution >= 4 is 17.8 Å². The Morgan fingerprint density at radius 3 is 2.17 bits per heavy atom. The van der Waals surface area contributed by atoms with Crippen molar-refractivity contribution in [2.75, 3.05) is 20.7 Å². The third-order valence-electron chi connectivity index (χ3n) is 7.06. The predicted octanol–water partition coefficient (Wildman–Crippen LogP) is 4.03. The molecule has 1 aliphatic rings. The van der Waals surface area contributed by atoms with E-state index in [-0.39, 0.29) is 29.7 Å². The first-order chi connectivity index (χ1) is 16.8. The van der Waals surface area contributed by atoms with Crippen LogP contribution >= 0.6 is 0 Å². The largest absolute Gasteiger partial charge is 0.463 e. The van der Waals surface area contributed by atoms with E-state index in [0.29, 0.717) is 12.2 Å². The van der Waals surface area contributed by atoms with Crippen LogP contribution in [0, 0.1) is 17.3 Å². The van der Waals surface area contributed by atoms with Gasteiger partial charge in [0.15, 0.2) is 0 Å². The maximum atomic E-state index is 14.0. The molecular weight excluding hydrogens is 454 g/mol. The van der Waals surface area contributed by atoms with Gasteiger partial charge in [-0.15, -0.1) is 0 Å². The van der Waals surface area contributed by atoms with Gasteiger partial charge in [0.1, 0.15) is 11.6 Å². The van der Waals surface area contributed by atoms with Gasteiger partial charge in [-0.3, -0.25) is 9.59 Å². The summed E-state index contributed by atoms with van der Waals surface area (Å²) in [6.07, 6.45) is 3.68. The molecule has 1 fully saturated rings. The van der Waals surface area contributed by atoms with Crippen LogP contribution in [0.1, 0.15) is 66.9 Å². The van der Waals surface area contributed by atoms with Gasteiger partial charge in [-0.05, 0) is 56.6 Å². The number of likely N-dealkylation sites (N-methyl/N-ethyl adjacent to an activating group) is 2. The number of nitrogens with one attached hydrogen (secondary N) is 2. The van der Waals surface area contributed by atoms with Gasteiger partial charge in [0.05, 0.1) is 12.6 Å². The van der Waals surface area contributed by atoms with Gasteiger partial charge in [-0.1, -0.05) is 71.0 Å². The highest BCUT2D eigenvalue weighted by molar-refractivity contribution is 5.94. The smallest absolute Gasteiger partial charge is 0.333 e. The van der Waals surface area contributed by atoms with Gasteiger partial charge in [0, 0.05) is 12.6 Å². The number of hydrogen-bond donors (Lipinski definition) is 2. The van der Waals surface area contributed by atoms with Crippen molar-refractivity contribution in [2.24, 2.45) is 17.3 Å². The first kappa shape index (κ1) is 29.6. The second kappa shape index (κ2) is 12.0. The summed E-state index contributed by atoms with van der Waals surface area (Å²) in [6.45, 7) is 13.6. The van der Waals surface area contributed by atoms with Crippen molar-refractivity contribution < 1.29 is 19.1 Å². The van der Waals surface area contributed by atoms with E-state index in [9.17, 15) is 14.4 Å². The minimum Gasteiger partial charge on any atom is -0.463 e. The van der Waals surface area contributed by atoms with E-state index in [0.717, 1.165) is 18.4 Å². The predicted molar refractivity (Wildman–Crippen MR) is 143 cm³/mol. The molecule has 3 atom stereocenters. The molecule has 7 heteroatoms. The van der Waals surface area contributed by atoms with E-state index in [1.807, 2.05) is 72.0 Å². The van der Waals surface area contributed by atoms with E-state index >= 15 is 0 Å². The summed E-state index contributed by atoms with van der Waals surface area (Å²) >= 11 is 0. The summed E-state index contributed by atoms with van der Waals surface area (Å²) in [7, 11) is 3.54. The Balaban J connectivity index is 2.40. The SMILES string of the molecule is CCOC(=O)/C(C)=C/[C@H](C(C)C)N(C)C(=O)[C@@H](NC(=O)[C@@](NC)(c1ccccc1)C1CC1)C(C)(C)C. The topological polar surface area (TPSA) is 87.7 Å². The Morgan fingerprint density at radius 1 is 1.14 bits per heavy atom. The van der Waals surface area contributed by atoms with E-state index in [1.54, 1.807) is 31.9 Å². The lowest BCUT2D eigenvalue weighted by molar-refractivity contribution is -0.142. The van der Waals surface area contributed by atoms with E-state index in [2.05, 4.69) is 10.6 Å². The van der Waals surface area contributed by atoms with Crippen molar-refractivity contribution in [2.45, 2.75) is 78.9 Å². The third-order valence-corrected chi connectivity index (χ3v) is 7.06. The van der Waals surface area contributed by atoms with Crippen molar-refractivity contribution in [1.29, 1.82) is 0 Å². The number of carbonyl (C=O) groups excluding carboxylic acids is 3. The van der Waals surface area contributed by atoms with E-state index in [4.69, 9.17) is 4.74 Å². The van der Waals surface area contributed by atoms with Gasteiger partial charge in [-0.25, -0.2) is 4.79 Å². The van der Waals surface area contributed by atoms with E-state index in [1.165, 1.54) is 0 Å². The quantitative estimate of drug-likeness (QED) is 0.355. The minimum absolute atomic E-state index is 0.0480. The number of amides is 2. The molecule has 2 rings (SSSR count). The van der Waals surface area contributed by atoms with Gasteiger partial charge in [0.25, 0.3) is 0 Å². The average molecular weight is 500 g/mol. The van der Waals surface area contributed by atoms with Crippen LogP contribution in [-0.4, -0.2) is 55.5 Å². The highest BCUT2D eigenvalue weighted by Gasteiger charge is 2.52. The molecular formula is C29H45N3O4. The van der Waals surface area contributed by atoms with Crippen LogP contribution in [-0.2, 0) is 24.7 Å². The number of benzene rings is 1. The number of hydrogen-bond acceptors (Lipinski definition) is 5. The van der Waals surface area contributed by atoms with Gasteiger partial charge in [0.2, 0.25) is 11.8 Å². The van der Waals surface area contributed by atoms with Crippen LogP contribution in [0.4, 0.5) is 0 Å². The molecule has 2 amide bonds. The fourth-order valence-electron chi connectivity index (χ4n) is 4.80. The molecule has 36 heavy (non-hydrogen) atoms. The summed E-state index contributed by atoms with van der Waals surface area (Å²) in [5.41, 5.74) is -0.0866. The Kier molecular flexibility index (Phi) is 9.89. The molecule has 0 saturated heterocycles. The maximum Gasteiger partial charge on any atom is 0.333 e. The summed E-state index contributed by atoms with van der Waals surface area (Å²) in [4.78, 5) is 41.8. The summed E-state index contributed by atoms with van der Waals surface area (Å²) in [5.74, 6) is -0.574. The fourth-order valence-corrected chi connectivity index (χ4v) is 4.80. The highest BCUT2D eigenvalue weighted by atomic mass is 16.5. The molecule has 0 bridgehead atoms. The maximum absolute atomic E-state index is 14.0. The van der Waals surface area contributed by atoms with Crippen LogP contribution in [0.2, 0.25) is 0 Å². The van der Waals surface area contributed by atoms with Crippen LogP contribution in [0.15, 0.2) is 42.0 Å². The van der Waals surface area contributed by atoms with Crippen LogP contribution in [0.3, 0.4) is 0 Å². The van der Waals surface area contributed by atoms with Gasteiger partial charge < -0.3 is 20.3 Å². The molecule has 1 aliphatic carbocycles. The Labute approximate surface area is 217 Å². The summed E-state index contributed by atoms with van der Waals surface area (Å²) in [5, 5.41) is 6.45. The van der Waals surface area contributed by atoms with Crippen molar-refractivity contribution in [3.8, 4) is 0 Å². The molecule has 0 aromatic heterocycles. The number of carbonyl (C=O) groups is 3. The first-order valence-corrected chi connectivity index (χ1v) is 13.0. The van der Waals surface area contributed by atoms with Crippen molar-refractivity contribution in [3.05, 3.63) is 47.5 Å². The normalized spacial score (nSPS) is 17.7. The average Bonchev–Trinajstić information content (AvgIpc) is 3.66. The molecule has 1 aromatic carbocycles. The molecule has 0 heterocycles. The molecule has 0 radical (unpaired) electrons. The standard InChI is InChI=1S/C29H45N3O4/c1-10-36-26(34)20(4)18-23(19(2)3)32(9)25(33)24(28(5,6)7)31-27(35)29(30-8,22-16-17-22)21-14-12-11-13-15-21/h11-15,18-19,22-24,30H,10,16-17H2,1-9H3,(H,31,35)/b20-18+/t23-,24-,29-/m1/s1. The molecule has 0 unspecified atom stereocenters. The number of nitrogens with zero attached hydrogens (tertiary/aromatic N) is 1. The summed E-state index contributed by atoms with van der Waals surface area (Å²) in [6, 6.07) is 8.63. The van der Waals surface area contributed by atoms with Crippen LogP contribution in [0.5, 0.6) is 0 Å². The second-order valence-electron chi connectivity index (χ2n) is 11.2. The molecule has 200 valence electrons. The highest BCUT2D eigenvalue weighted by Crippen LogP contribution is 2.46. The molecule has 2 N–H and O–H groups in total. The molecule has 0 spiro atoms. The molecule has 0 aliphatic heterocycles. The number of ether oxygens (including phenoxy) is 1. The van der Waals surface area contributed by atoms with E-state index < -0.39 is 23.0 Å². The first-order valence-electron chi connectivity index (χ1n) is 13.0. The molecule has 1 aromatic rings. The molecule has 7 nitrogen and oxygen atoms in total.